The van der Waals surface area contributed by atoms with Crippen LogP contribution in [0.25, 0.3) is 0 Å². The average Bonchev–Trinajstić information content (AvgIpc) is 2.17. The van der Waals surface area contributed by atoms with Crippen LogP contribution in [0.2, 0.25) is 0 Å². The smallest absolute Gasteiger partial charge is 0.261 e. The van der Waals surface area contributed by atoms with Gasteiger partial charge in [-0.2, -0.15) is 4.39 Å². The van der Waals surface area contributed by atoms with Gasteiger partial charge < -0.3 is 0 Å². The molecule has 0 amide bonds. The van der Waals surface area contributed by atoms with Gasteiger partial charge in [0.1, 0.15) is 0 Å². The Morgan fingerprint density at radius 2 is 2.07 bits per heavy atom. The number of hydrogen-bond acceptors (Lipinski definition) is 3. The van der Waals surface area contributed by atoms with E-state index in [1.807, 2.05) is 0 Å². The second-order valence-electron chi connectivity index (χ2n) is 3.09. The van der Waals surface area contributed by atoms with Gasteiger partial charge in [-0.3, -0.25) is 14.9 Å². The molecule has 0 spiro atoms. The fourth-order valence-corrected chi connectivity index (χ4v) is 1.32. The quantitative estimate of drug-likeness (QED) is 0.427. The summed E-state index contributed by atoms with van der Waals surface area (Å²) in [6.45, 7) is 0. The maximum absolute atomic E-state index is 11.9. The summed E-state index contributed by atoms with van der Waals surface area (Å²) in [5.41, 5.74) is 0.549. The first-order valence-electron chi connectivity index (χ1n) is 4.52. The highest BCUT2D eigenvalue weighted by Crippen LogP contribution is 2.19. The predicted octanol–water partition coefficient (Wildman–Crippen LogP) is 2.41. The number of rotatable bonds is 5. The Labute approximate surface area is 85.9 Å². The van der Waals surface area contributed by atoms with E-state index in [4.69, 9.17) is 0 Å². The van der Waals surface area contributed by atoms with Crippen molar-refractivity contribution >= 4 is 11.7 Å². The van der Waals surface area contributed by atoms with E-state index in [9.17, 15) is 19.3 Å². The third kappa shape index (κ3) is 3.46. The monoisotopic (exact) mass is 211 g/mol. The summed E-state index contributed by atoms with van der Waals surface area (Å²) in [5.74, 6) is 0. The van der Waals surface area contributed by atoms with Gasteiger partial charge in [-0.05, 0) is 12.8 Å². The Morgan fingerprint density at radius 1 is 1.40 bits per heavy atom. The molecule has 0 N–H and O–H groups in total. The third-order valence-electron chi connectivity index (χ3n) is 2.01. The molecule has 5 heteroatoms. The molecule has 0 aliphatic heterocycles. The van der Waals surface area contributed by atoms with Crippen molar-refractivity contribution in [3.05, 3.63) is 39.9 Å². The summed E-state index contributed by atoms with van der Waals surface area (Å²) in [4.78, 5) is 20.2. The molecular weight excluding hydrogens is 201 g/mol. The molecule has 0 atom stereocenters. The molecule has 0 saturated carbocycles. The fourth-order valence-electron chi connectivity index (χ4n) is 1.32. The molecule has 80 valence electrons. The molecule has 0 aliphatic carbocycles. The van der Waals surface area contributed by atoms with Crippen LogP contribution < -0.4 is 0 Å². The maximum atomic E-state index is 11.9. The van der Waals surface area contributed by atoms with Crippen molar-refractivity contribution in [3.63, 3.8) is 0 Å². The highest BCUT2D eigenvalue weighted by molar-refractivity contribution is 5.67. The molecule has 1 aromatic carbocycles. The Kier molecular flexibility index (Phi) is 3.91. The first-order valence-corrected chi connectivity index (χ1v) is 4.52. The molecule has 0 unspecified atom stereocenters. The van der Waals surface area contributed by atoms with Crippen molar-refractivity contribution in [1.82, 2.24) is 0 Å². The van der Waals surface area contributed by atoms with E-state index in [1.165, 1.54) is 6.07 Å². The molecule has 4 nitrogen and oxygen atoms in total. The first kappa shape index (κ1) is 11.3. The van der Waals surface area contributed by atoms with Crippen LogP contribution in [0.4, 0.5) is 10.1 Å². The molecule has 0 aliphatic rings. The van der Waals surface area contributed by atoms with Gasteiger partial charge in [0.05, 0.1) is 4.92 Å². The molecule has 0 heterocycles. The molecule has 0 radical (unpaired) electrons. The van der Waals surface area contributed by atoms with Crippen molar-refractivity contribution in [2.75, 3.05) is 0 Å². The number of benzene rings is 1. The number of nitro groups is 1. The van der Waals surface area contributed by atoms with Crippen molar-refractivity contribution in [2.24, 2.45) is 0 Å². The van der Waals surface area contributed by atoms with Gasteiger partial charge in [0.25, 0.3) is 5.69 Å². The minimum absolute atomic E-state index is 0.0174. The topological polar surface area (TPSA) is 60.2 Å². The van der Waals surface area contributed by atoms with Gasteiger partial charge in [0.2, 0.25) is 0 Å². The summed E-state index contributed by atoms with van der Waals surface area (Å²) in [6.07, 6.45) is 0.444. The molecule has 0 aromatic heterocycles. The van der Waals surface area contributed by atoms with Crippen LogP contribution in [0.5, 0.6) is 0 Å². The Balaban J connectivity index is 2.67. The second kappa shape index (κ2) is 5.19. The van der Waals surface area contributed by atoms with Crippen LogP contribution in [-0.4, -0.2) is 11.0 Å². The first-order chi connectivity index (χ1) is 7.11. The van der Waals surface area contributed by atoms with Crippen molar-refractivity contribution in [1.29, 1.82) is 0 Å². The number of para-hydroxylation sites is 1. The Bertz CT molecular complexity index is 379. The third-order valence-corrected chi connectivity index (χ3v) is 2.01. The van der Waals surface area contributed by atoms with E-state index < -0.39 is 11.0 Å². The van der Waals surface area contributed by atoms with E-state index in [0.717, 1.165) is 0 Å². The zero-order valence-electron chi connectivity index (χ0n) is 7.98. The zero-order chi connectivity index (χ0) is 11.3. The van der Waals surface area contributed by atoms with Crippen LogP contribution in [-0.2, 0) is 11.2 Å². The summed E-state index contributed by atoms with van der Waals surface area (Å²) < 4.78 is 11.9. The van der Waals surface area contributed by atoms with Gasteiger partial charge in [-0.25, -0.2) is 0 Å². The lowest BCUT2D eigenvalue weighted by Crippen LogP contribution is -1.96. The highest BCUT2D eigenvalue weighted by Gasteiger charge is 2.11. The van der Waals surface area contributed by atoms with Gasteiger partial charge in [0, 0.05) is 18.1 Å². The molecule has 1 aromatic rings. The lowest BCUT2D eigenvalue weighted by Gasteiger charge is -2.00. The maximum Gasteiger partial charge on any atom is 0.301 e. The molecule has 15 heavy (non-hydrogen) atoms. The van der Waals surface area contributed by atoms with E-state index in [2.05, 4.69) is 0 Å². The van der Waals surface area contributed by atoms with Crippen LogP contribution in [0.1, 0.15) is 18.4 Å². The zero-order valence-corrected chi connectivity index (χ0v) is 7.98. The summed E-state index contributed by atoms with van der Waals surface area (Å²) in [7, 11) is 0. The SMILES string of the molecule is O=C(F)CCCc1ccccc1[N+](=O)[O-]. The molecule has 0 bridgehead atoms. The minimum atomic E-state index is -1.38. The van der Waals surface area contributed by atoms with Crippen LogP contribution in [0.3, 0.4) is 0 Å². The van der Waals surface area contributed by atoms with Crippen LogP contribution >= 0.6 is 0 Å². The van der Waals surface area contributed by atoms with Gasteiger partial charge in [0.15, 0.2) is 0 Å². The van der Waals surface area contributed by atoms with Crippen LogP contribution in [0, 0.1) is 10.1 Å². The Morgan fingerprint density at radius 3 is 2.67 bits per heavy atom. The predicted molar refractivity (Wildman–Crippen MR) is 52.1 cm³/mol. The number of nitro benzene ring substituents is 1. The summed E-state index contributed by atoms with van der Waals surface area (Å²) in [6, 6.07) is 4.88. The standard InChI is InChI=1S/C10H10FNO3/c11-10(13)7-3-5-8-4-1-2-6-9(8)12(14)15/h1-2,4,6H,3,5,7H2. The van der Waals surface area contributed by atoms with E-state index in [-0.39, 0.29) is 12.1 Å². The average molecular weight is 211 g/mol. The highest BCUT2D eigenvalue weighted by atomic mass is 19.1. The minimum Gasteiger partial charge on any atom is -0.261 e. The summed E-state index contributed by atoms with van der Waals surface area (Å²) in [5, 5.41) is 10.6. The van der Waals surface area contributed by atoms with Crippen molar-refractivity contribution in [3.8, 4) is 0 Å². The normalized spacial score (nSPS) is 9.93. The lowest BCUT2D eigenvalue weighted by molar-refractivity contribution is -0.385. The molecule has 0 saturated heterocycles. The van der Waals surface area contributed by atoms with Crippen molar-refractivity contribution < 1.29 is 14.1 Å². The Hall–Kier alpha value is -1.78. The number of nitrogens with zero attached hydrogens (tertiary/aromatic N) is 1. The largest absolute Gasteiger partial charge is 0.301 e. The number of hydrogen-bond donors (Lipinski definition) is 0. The fraction of sp³-hybridized carbons (Fsp3) is 0.300. The van der Waals surface area contributed by atoms with Crippen LogP contribution in [0.15, 0.2) is 24.3 Å². The van der Waals surface area contributed by atoms with Crippen molar-refractivity contribution in [2.45, 2.75) is 19.3 Å². The van der Waals surface area contributed by atoms with Gasteiger partial charge in [-0.15, -0.1) is 0 Å². The number of halogens is 1. The number of aryl methyl sites for hydroxylation is 1. The van der Waals surface area contributed by atoms with E-state index in [1.54, 1.807) is 18.2 Å². The molecule has 1 rings (SSSR count). The molecule has 0 fully saturated rings. The summed E-state index contributed by atoms with van der Waals surface area (Å²) >= 11 is 0. The van der Waals surface area contributed by atoms with E-state index >= 15 is 0 Å². The number of carbonyl (C=O) groups is 1. The van der Waals surface area contributed by atoms with Gasteiger partial charge in [-0.1, -0.05) is 18.2 Å². The molecular formula is C10H10FNO3. The number of carbonyl (C=O) groups excluding carboxylic acids is 1. The lowest BCUT2D eigenvalue weighted by atomic mass is 10.1. The van der Waals surface area contributed by atoms with Gasteiger partial charge >= 0.3 is 6.04 Å². The van der Waals surface area contributed by atoms with E-state index in [0.29, 0.717) is 18.4 Å². The second-order valence-corrected chi connectivity index (χ2v) is 3.09.